The van der Waals surface area contributed by atoms with E-state index in [1.807, 2.05) is 32.0 Å². The Hall–Kier alpha value is -3.92. The lowest BCUT2D eigenvalue weighted by atomic mass is 9.83. The highest BCUT2D eigenvalue weighted by Crippen LogP contribution is 2.44. The fourth-order valence-electron chi connectivity index (χ4n) is 3.72. The van der Waals surface area contributed by atoms with Crippen LogP contribution in [0, 0.1) is 11.3 Å². The zero-order valence-corrected chi connectivity index (χ0v) is 16.9. The summed E-state index contributed by atoms with van der Waals surface area (Å²) >= 11 is 0. The largest absolute Gasteiger partial charge is 0.493 e. The van der Waals surface area contributed by atoms with Crippen molar-refractivity contribution in [2.45, 2.75) is 25.9 Å². The van der Waals surface area contributed by atoms with E-state index in [4.69, 9.17) is 19.9 Å². The van der Waals surface area contributed by atoms with Crippen LogP contribution in [0.25, 0.3) is 10.9 Å². The van der Waals surface area contributed by atoms with E-state index in [9.17, 15) is 10.1 Å². The van der Waals surface area contributed by atoms with Crippen molar-refractivity contribution in [1.82, 2.24) is 4.98 Å². The molecule has 1 atom stereocenters. The molecule has 3 aromatic rings. The summed E-state index contributed by atoms with van der Waals surface area (Å²) in [5.41, 5.74) is 7.58. The molecule has 2 heterocycles. The number of fused-ring (bicyclic) bond motifs is 3. The van der Waals surface area contributed by atoms with Crippen LogP contribution in [0.15, 0.2) is 58.7 Å². The van der Waals surface area contributed by atoms with Crippen LogP contribution >= 0.6 is 0 Å². The van der Waals surface area contributed by atoms with Gasteiger partial charge >= 0.3 is 0 Å². The summed E-state index contributed by atoms with van der Waals surface area (Å²) in [6.07, 6.45) is -0.0343. The summed E-state index contributed by atoms with van der Waals surface area (Å²) in [4.78, 5) is 15.9. The lowest BCUT2D eigenvalue weighted by molar-refractivity contribution is 0.230. The number of ether oxygens (including phenoxy) is 3. The first-order chi connectivity index (χ1) is 14.4. The fourth-order valence-corrected chi connectivity index (χ4v) is 3.72. The zero-order chi connectivity index (χ0) is 21.4. The lowest BCUT2D eigenvalue weighted by Gasteiger charge is -2.27. The van der Waals surface area contributed by atoms with Crippen LogP contribution in [0.3, 0.4) is 0 Å². The Labute approximate surface area is 173 Å². The Bertz CT molecular complexity index is 1270. The number of hydrogen-bond acceptors (Lipinski definition) is 6. The second kappa shape index (κ2) is 7.48. The number of methoxy groups -OCH3 is 1. The molecule has 0 aliphatic carbocycles. The van der Waals surface area contributed by atoms with Crippen LogP contribution in [0.5, 0.6) is 17.2 Å². The highest BCUT2D eigenvalue weighted by atomic mass is 16.5. The van der Waals surface area contributed by atoms with Crippen molar-refractivity contribution in [3.05, 3.63) is 75.4 Å². The average molecular weight is 403 g/mol. The van der Waals surface area contributed by atoms with Crippen molar-refractivity contribution in [3.63, 3.8) is 0 Å². The second-order valence-corrected chi connectivity index (χ2v) is 7.24. The van der Waals surface area contributed by atoms with E-state index in [0.29, 0.717) is 39.3 Å². The van der Waals surface area contributed by atoms with Crippen molar-refractivity contribution in [1.29, 1.82) is 5.26 Å². The van der Waals surface area contributed by atoms with Gasteiger partial charge in [-0.25, -0.2) is 0 Å². The number of aromatic nitrogens is 1. The number of nitrogens with two attached hydrogens (primary N) is 1. The smallest absolute Gasteiger partial charge is 0.256 e. The molecular formula is C23H21N3O4. The molecule has 1 aliphatic heterocycles. The molecule has 1 aromatic heterocycles. The first-order valence-electron chi connectivity index (χ1n) is 9.51. The van der Waals surface area contributed by atoms with E-state index in [2.05, 4.69) is 11.1 Å². The van der Waals surface area contributed by atoms with Crippen molar-refractivity contribution >= 4 is 10.9 Å². The maximum Gasteiger partial charge on any atom is 0.256 e. The quantitative estimate of drug-likeness (QED) is 0.689. The molecule has 30 heavy (non-hydrogen) atoms. The first kappa shape index (κ1) is 19.4. The van der Waals surface area contributed by atoms with Gasteiger partial charge in [0.2, 0.25) is 5.88 Å². The number of pyridine rings is 1. The number of nitrogens with one attached hydrogen (secondary N) is 1. The van der Waals surface area contributed by atoms with Gasteiger partial charge in [-0.05, 0) is 43.7 Å². The molecule has 3 N–H and O–H groups in total. The molecule has 152 valence electrons. The third-order valence-corrected chi connectivity index (χ3v) is 4.97. The predicted molar refractivity (Wildman–Crippen MR) is 113 cm³/mol. The molecule has 0 saturated carbocycles. The molecule has 0 spiro atoms. The Kier molecular flexibility index (Phi) is 4.84. The van der Waals surface area contributed by atoms with Crippen LogP contribution in [0.1, 0.15) is 30.9 Å². The minimum atomic E-state index is -0.700. The SMILES string of the molecule is COc1cc(C2C(C#N)=C(N)Oc3c2c(=O)[nH]c2ccccc32)ccc1OC(C)C. The minimum absolute atomic E-state index is 0.0211. The summed E-state index contributed by atoms with van der Waals surface area (Å²) in [7, 11) is 1.54. The molecule has 7 heteroatoms. The summed E-state index contributed by atoms with van der Waals surface area (Å²) in [6.45, 7) is 3.84. The van der Waals surface area contributed by atoms with Gasteiger partial charge in [-0.1, -0.05) is 18.2 Å². The predicted octanol–water partition coefficient (Wildman–Crippen LogP) is 3.54. The van der Waals surface area contributed by atoms with Crippen molar-refractivity contribution in [3.8, 4) is 23.3 Å². The maximum atomic E-state index is 13.0. The van der Waals surface area contributed by atoms with Crippen LogP contribution in [0.2, 0.25) is 0 Å². The Morgan fingerprint density at radius 1 is 1.20 bits per heavy atom. The van der Waals surface area contributed by atoms with Gasteiger partial charge in [-0.15, -0.1) is 0 Å². The van der Waals surface area contributed by atoms with Gasteiger partial charge in [-0.2, -0.15) is 5.26 Å². The maximum absolute atomic E-state index is 13.0. The Morgan fingerprint density at radius 3 is 2.67 bits per heavy atom. The van der Waals surface area contributed by atoms with Gasteiger partial charge in [-0.3, -0.25) is 4.79 Å². The molecule has 4 rings (SSSR count). The third-order valence-electron chi connectivity index (χ3n) is 4.97. The third kappa shape index (κ3) is 3.12. The number of allylic oxidation sites excluding steroid dienone is 1. The normalized spacial score (nSPS) is 15.5. The van der Waals surface area contributed by atoms with Gasteiger partial charge < -0.3 is 24.9 Å². The molecule has 1 aliphatic rings. The van der Waals surface area contributed by atoms with E-state index >= 15 is 0 Å². The number of nitriles is 1. The van der Waals surface area contributed by atoms with Crippen molar-refractivity contribution in [2.24, 2.45) is 5.73 Å². The van der Waals surface area contributed by atoms with Crippen molar-refractivity contribution < 1.29 is 14.2 Å². The fraction of sp³-hybridized carbons (Fsp3) is 0.217. The first-order valence-corrected chi connectivity index (χ1v) is 9.51. The van der Waals surface area contributed by atoms with E-state index in [-0.39, 0.29) is 23.1 Å². The molecule has 7 nitrogen and oxygen atoms in total. The van der Waals surface area contributed by atoms with E-state index in [0.717, 1.165) is 0 Å². The monoisotopic (exact) mass is 403 g/mol. The molecule has 0 fully saturated rings. The summed E-state index contributed by atoms with van der Waals surface area (Å²) in [5, 5.41) is 10.5. The highest BCUT2D eigenvalue weighted by molar-refractivity contribution is 5.87. The average Bonchev–Trinajstić information content (AvgIpc) is 2.73. The molecule has 0 radical (unpaired) electrons. The zero-order valence-electron chi connectivity index (χ0n) is 16.9. The Morgan fingerprint density at radius 2 is 1.97 bits per heavy atom. The van der Waals surface area contributed by atoms with Crippen LogP contribution in [-0.2, 0) is 0 Å². The Balaban J connectivity index is 1.97. The second-order valence-electron chi connectivity index (χ2n) is 7.24. The standard InChI is InChI=1S/C23H21N3O4/c1-12(2)29-17-9-8-13(10-18(17)28-3)19-15(11-24)22(25)30-21-14-6-4-5-7-16(14)26-23(27)20(19)21/h4-10,12,19H,25H2,1-3H3,(H,26,27). The summed E-state index contributed by atoms with van der Waals surface area (Å²) in [6, 6.07) is 14.7. The minimum Gasteiger partial charge on any atom is -0.493 e. The van der Waals surface area contributed by atoms with Crippen LogP contribution < -0.4 is 25.5 Å². The van der Waals surface area contributed by atoms with Gasteiger partial charge in [0.25, 0.3) is 5.56 Å². The molecule has 0 bridgehead atoms. The van der Waals surface area contributed by atoms with Crippen LogP contribution in [0.4, 0.5) is 0 Å². The summed E-state index contributed by atoms with van der Waals surface area (Å²) in [5.74, 6) is 0.715. The number of para-hydroxylation sites is 1. The van der Waals surface area contributed by atoms with Gasteiger partial charge in [0.05, 0.1) is 30.2 Å². The van der Waals surface area contributed by atoms with Gasteiger partial charge in [0.1, 0.15) is 17.4 Å². The van der Waals surface area contributed by atoms with Crippen molar-refractivity contribution in [2.75, 3.05) is 7.11 Å². The molecular weight excluding hydrogens is 382 g/mol. The van der Waals surface area contributed by atoms with E-state index in [1.54, 1.807) is 31.4 Å². The molecule has 1 unspecified atom stereocenters. The number of aromatic amines is 1. The number of benzene rings is 2. The number of hydrogen-bond donors (Lipinski definition) is 2. The van der Waals surface area contributed by atoms with Gasteiger partial charge in [0.15, 0.2) is 11.5 Å². The number of rotatable bonds is 4. The summed E-state index contributed by atoms with van der Waals surface area (Å²) < 4.78 is 17.0. The molecule has 0 amide bonds. The number of nitrogens with zero attached hydrogens (tertiary/aromatic N) is 1. The highest BCUT2D eigenvalue weighted by Gasteiger charge is 2.35. The van der Waals surface area contributed by atoms with E-state index < -0.39 is 5.92 Å². The number of H-pyrrole nitrogens is 1. The molecule has 2 aromatic carbocycles. The van der Waals surface area contributed by atoms with Crippen LogP contribution in [-0.4, -0.2) is 18.2 Å². The van der Waals surface area contributed by atoms with Gasteiger partial charge in [0, 0.05) is 5.39 Å². The van der Waals surface area contributed by atoms with E-state index in [1.165, 1.54) is 0 Å². The molecule has 0 saturated heterocycles. The topological polar surface area (TPSA) is 110 Å². The lowest BCUT2D eigenvalue weighted by Crippen LogP contribution is -2.27.